The molecule has 1 saturated carbocycles. The summed E-state index contributed by atoms with van der Waals surface area (Å²) in [7, 11) is 0. The summed E-state index contributed by atoms with van der Waals surface area (Å²) in [4.78, 5) is 5.03. The van der Waals surface area contributed by atoms with Gasteiger partial charge in [-0.05, 0) is 25.3 Å². The quantitative estimate of drug-likeness (QED) is 0.190. The molecular formula is C14H18F2N2OS2. The summed E-state index contributed by atoms with van der Waals surface area (Å²) in [6.45, 7) is 0. The standard InChI is InChI=1S/C14H18F2N2OS2/c15-13(16)7-4-8-20-14-17-9-12(21-14)10-18(19)11-5-2-1-3-6-11/h7,9-11H,1-6,8H2/b18-10-. The summed E-state index contributed by atoms with van der Waals surface area (Å²) in [5, 5.41) is 12.1. The van der Waals surface area contributed by atoms with Crippen LogP contribution in [-0.4, -0.2) is 27.7 Å². The van der Waals surface area contributed by atoms with Crippen LogP contribution in [0.3, 0.4) is 0 Å². The molecule has 21 heavy (non-hydrogen) atoms. The molecule has 1 aromatic rings. The number of aromatic nitrogens is 1. The number of nitrogens with zero attached hydrogens (tertiary/aromatic N) is 2. The van der Waals surface area contributed by atoms with Crippen molar-refractivity contribution in [2.24, 2.45) is 0 Å². The highest BCUT2D eigenvalue weighted by Crippen LogP contribution is 2.25. The highest BCUT2D eigenvalue weighted by atomic mass is 32.2. The molecule has 7 heteroatoms. The second kappa shape index (κ2) is 8.48. The Bertz CT molecular complexity index is 507. The third kappa shape index (κ3) is 5.74. The average molecular weight is 332 g/mol. The van der Waals surface area contributed by atoms with Crippen LogP contribution >= 0.6 is 23.1 Å². The average Bonchev–Trinajstić information content (AvgIpc) is 2.92. The first-order valence-corrected chi connectivity index (χ1v) is 8.85. The van der Waals surface area contributed by atoms with Crippen molar-refractivity contribution in [3.8, 4) is 0 Å². The first-order chi connectivity index (χ1) is 10.1. The van der Waals surface area contributed by atoms with Crippen LogP contribution < -0.4 is 0 Å². The Morgan fingerprint density at radius 2 is 2.19 bits per heavy atom. The summed E-state index contributed by atoms with van der Waals surface area (Å²) in [5.41, 5.74) is 0. The van der Waals surface area contributed by atoms with Gasteiger partial charge in [-0.1, -0.05) is 18.2 Å². The molecule has 0 unspecified atom stereocenters. The minimum absolute atomic E-state index is 0.0922. The number of thioether (sulfide) groups is 1. The number of allylic oxidation sites excluding steroid dienone is 1. The number of halogens is 2. The van der Waals surface area contributed by atoms with E-state index in [0.717, 1.165) is 45.7 Å². The molecule has 0 saturated heterocycles. The molecule has 1 aromatic heterocycles. The number of hydrogen-bond acceptors (Lipinski definition) is 4. The fourth-order valence-electron chi connectivity index (χ4n) is 2.28. The largest absolute Gasteiger partial charge is 0.624 e. The van der Waals surface area contributed by atoms with Crippen molar-refractivity contribution in [2.45, 2.75) is 48.9 Å². The second-order valence-corrected chi connectivity index (χ2v) is 7.34. The van der Waals surface area contributed by atoms with Crippen LogP contribution in [0.1, 0.15) is 43.4 Å². The molecule has 1 fully saturated rings. The lowest BCUT2D eigenvalue weighted by molar-refractivity contribution is -0.500. The van der Waals surface area contributed by atoms with Crippen molar-refractivity contribution >= 4 is 29.3 Å². The Morgan fingerprint density at radius 3 is 2.90 bits per heavy atom. The van der Waals surface area contributed by atoms with Crippen LogP contribution in [-0.2, 0) is 0 Å². The van der Waals surface area contributed by atoms with Crippen molar-refractivity contribution in [1.29, 1.82) is 0 Å². The minimum atomic E-state index is -1.64. The Hall–Kier alpha value is -0.950. The zero-order chi connectivity index (χ0) is 15.1. The van der Waals surface area contributed by atoms with Gasteiger partial charge in [0, 0.05) is 18.6 Å². The van der Waals surface area contributed by atoms with Gasteiger partial charge in [0.05, 0.1) is 6.20 Å². The van der Waals surface area contributed by atoms with Gasteiger partial charge in [-0.15, -0.1) is 11.3 Å². The molecule has 0 aromatic carbocycles. The normalized spacial score (nSPS) is 17.0. The number of thiazole rings is 1. The first kappa shape index (κ1) is 16.4. The maximum Gasteiger partial charge on any atom is 0.266 e. The summed E-state index contributed by atoms with van der Waals surface area (Å²) < 4.78 is 25.6. The first-order valence-electron chi connectivity index (χ1n) is 7.05. The fourth-order valence-corrected chi connectivity index (χ4v) is 4.16. The van der Waals surface area contributed by atoms with Crippen molar-refractivity contribution < 1.29 is 13.5 Å². The fraction of sp³-hybridized carbons (Fsp3) is 0.571. The minimum Gasteiger partial charge on any atom is -0.624 e. The van der Waals surface area contributed by atoms with Gasteiger partial charge in [0.1, 0.15) is 4.88 Å². The lowest BCUT2D eigenvalue weighted by atomic mass is 9.96. The Kier molecular flexibility index (Phi) is 6.63. The van der Waals surface area contributed by atoms with Gasteiger partial charge in [0.15, 0.2) is 16.6 Å². The van der Waals surface area contributed by atoms with Crippen LogP contribution in [0.15, 0.2) is 22.7 Å². The van der Waals surface area contributed by atoms with Gasteiger partial charge in [-0.25, -0.2) is 9.72 Å². The van der Waals surface area contributed by atoms with Gasteiger partial charge in [0.2, 0.25) is 0 Å². The lowest BCUT2D eigenvalue weighted by Gasteiger charge is -2.20. The molecular weight excluding hydrogens is 314 g/mol. The van der Waals surface area contributed by atoms with Crippen molar-refractivity contribution in [3.63, 3.8) is 0 Å². The molecule has 1 heterocycles. The molecule has 1 aliphatic carbocycles. The van der Waals surface area contributed by atoms with Crippen LogP contribution in [0, 0.1) is 5.21 Å². The molecule has 0 aliphatic heterocycles. The molecule has 0 radical (unpaired) electrons. The van der Waals surface area contributed by atoms with E-state index >= 15 is 0 Å². The van der Waals surface area contributed by atoms with Crippen LogP contribution in [0.2, 0.25) is 0 Å². The highest BCUT2D eigenvalue weighted by Gasteiger charge is 2.19. The van der Waals surface area contributed by atoms with Crippen molar-refractivity contribution in [3.05, 3.63) is 28.4 Å². The maximum absolute atomic E-state index is 12.1. The Labute approximate surface area is 131 Å². The van der Waals surface area contributed by atoms with Gasteiger partial charge in [-0.3, -0.25) is 0 Å². The van der Waals surface area contributed by atoms with E-state index in [-0.39, 0.29) is 6.04 Å². The Balaban J connectivity index is 1.85. The number of hydrogen-bond donors (Lipinski definition) is 0. The van der Waals surface area contributed by atoms with E-state index in [9.17, 15) is 14.0 Å². The summed E-state index contributed by atoms with van der Waals surface area (Å²) in [6.07, 6.45) is 8.27. The van der Waals surface area contributed by atoms with E-state index in [1.165, 1.54) is 29.5 Å². The molecule has 2 rings (SSSR count). The Morgan fingerprint density at radius 1 is 1.43 bits per heavy atom. The second-order valence-electron chi connectivity index (χ2n) is 4.94. The summed E-state index contributed by atoms with van der Waals surface area (Å²) in [5.74, 6) is 0.563. The zero-order valence-electron chi connectivity index (χ0n) is 11.6. The molecule has 0 N–H and O–H groups in total. The number of hydroxylamine groups is 1. The lowest BCUT2D eigenvalue weighted by Crippen LogP contribution is -2.25. The van der Waals surface area contributed by atoms with E-state index in [4.69, 9.17) is 0 Å². The topological polar surface area (TPSA) is 39.0 Å². The van der Waals surface area contributed by atoms with E-state index in [2.05, 4.69) is 4.98 Å². The molecule has 0 spiro atoms. The molecule has 0 bridgehead atoms. The van der Waals surface area contributed by atoms with Gasteiger partial charge < -0.3 is 5.21 Å². The molecule has 0 atom stereocenters. The van der Waals surface area contributed by atoms with Gasteiger partial charge >= 0.3 is 0 Å². The zero-order valence-corrected chi connectivity index (χ0v) is 13.3. The third-order valence-corrected chi connectivity index (χ3v) is 5.46. The van der Waals surface area contributed by atoms with Crippen LogP contribution in [0.25, 0.3) is 0 Å². The van der Waals surface area contributed by atoms with E-state index in [0.29, 0.717) is 12.2 Å². The van der Waals surface area contributed by atoms with Crippen LogP contribution in [0.5, 0.6) is 0 Å². The molecule has 0 amide bonds. The maximum atomic E-state index is 12.1. The van der Waals surface area contributed by atoms with E-state index < -0.39 is 6.08 Å². The predicted octanol–water partition coefficient (Wildman–Crippen LogP) is 4.67. The van der Waals surface area contributed by atoms with Gasteiger partial charge in [0.25, 0.3) is 6.08 Å². The van der Waals surface area contributed by atoms with Gasteiger partial charge in [-0.2, -0.15) is 8.78 Å². The number of rotatable bonds is 6. The summed E-state index contributed by atoms with van der Waals surface area (Å²) >= 11 is 2.87. The molecule has 3 nitrogen and oxygen atoms in total. The molecule has 116 valence electrons. The van der Waals surface area contributed by atoms with E-state index in [1.807, 2.05) is 0 Å². The highest BCUT2D eigenvalue weighted by molar-refractivity contribution is 8.01. The third-order valence-electron chi connectivity index (χ3n) is 3.33. The smallest absolute Gasteiger partial charge is 0.266 e. The van der Waals surface area contributed by atoms with E-state index in [1.54, 1.807) is 12.4 Å². The SMILES string of the molecule is [O-]/[N+](=C\c1cnc(SCCC=C(F)F)s1)C1CCCCC1. The predicted molar refractivity (Wildman–Crippen MR) is 83.4 cm³/mol. The van der Waals surface area contributed by atoms with Crippen molar-refractivity contribution in [2.75, 3.05) is 5.75 Å². The molecule has 1 aliphatic rings. The summed E-state index contributed by atoms with van der Waals surface area (Å²) in [6, 6.07) is 0.0922. The monoisotopic (exact) mass is 332 g/mol. The van der Waals surface area contributed by atoms with Crippen molar-refractivity contribution in [1.82, 2.24) is 4.98 Å². The van der Waals surface area contributed by atoms with Crippen LogP contribution in [0.4, 0.5) is 8.78 Å².